The maximum Gasteiger partial charge on any atom is 0.260 e. The van der Waals surface area contributed by atoms with Crippen LogP contribution in [0.3, 0.4) is 0 Å². The summed E-state index contributed by atoms with van der Waals surface area (Å²) in [7, 11) is 0. The Hall–Kier alpha value is -2.66. The van der Waals surface area contributed by atoms with E-state index >= 15 is 0 Å². The minimum atomic E-state index is -0.660. The molecule has 0 aliphatic heterocycles. The van der Waals surface area contributed by atoms with Crippen LogP contribution in [-0.4, -0.2) is 15.7 Å². The third kappa shape index (κ3) is 3.57. The monoisotopic (exact) mass is 329 g/mol. The molecule has 1 aromatic heterocycles. The van der Waals surface area contributed by atoms with E-state index in [0.29, 0.717) is 12.2 Å². The number of carbonyl (C=O) groups is 1. The SMILES string of the molecule is O=C(Nc1cnn(Cc2ccccc2)c1)c1c(F)cccc1Cl. The van der Waals surface area contributed by atoms with Gasteiger partial charge in [-0.2, -0.15) is 5.10 Å². The van der Waals surface area contributed by atoms with Gasteiger partial charge in [-0.05, 0) is 17.7 Å². The average Bonchev–Trinajstić information content (AvgIpc) is 2.95. The number of halogens is 2. The van der Waals surface area contributed by atoms with Crippen LogP contribution in [0.25, 0.3) is 0 Å². The highest BCUT2D eigenvalue weighted by molar-refractivity contribution is 6.34. The zero-order chi connectivity index (χ0) is 16.2. The topological polar surface area (TPSA) is 46.9 Å². The quantitative estimate of drug-likeness (QED) is 0.787. The van der Waals surface area contributed by atoms with Gasteiger partial charge in [-0.3, -0.25) is 9.48 Å². The van der Waals surface area contributed by atoms with Gasteiger partial charge in [0.2, 0.25) is 0 Å². The van der Waals surface area contributed by atoms with Crippen molar-refractivity contribution in [2.75, 3.05) is 5.32 Å². The van der Waals surface area contributed by atoms with E-state index in [1.807, 2.05) is 30.3 Å². The molecule has 23 heavy (non-hydrogen) atoms. The lowest BCUT2D eigenvalue weighted by Crippen LogP contribution is -2.14. The van der Waals surface area contributed by atoms with Crippen LogP contribution in [0, 0.1) is 5.82 Å². The molecular formula is C17H13ClFN3O. The Balaban J connectivity index is 1.73. The fourth-order valence-corrected chi connectivity index (χ4v) is 2.44. The van der Waals surface area contributed by atoms with Gasteiger partial charge in [0.15, 0.2) is 0 Å². The average molecular weight is 330 g/mol. The van der Waals surface area contributed by atoms with E-state index < -0.39 is 11.7 Å². The van der Waals surface area contributed by atoms with Crippen molar-refractivity contribution >= 4 is 23.2 Å². The lowest BCUT2D eigenvalue weighted by Gasteiger charge is -2.05. The number of rotatable bonds is 4. The lowest BCUT2D eigenvalue weighted by atomic mass is 10.2. The standard InChI is InChI=1S/C17H13ClFN3O/c18-14-7-4-8-15(19)16(14)17(23)21-13-9-20-22(11-13)10-12-5-2-1-3-6-12/h1-9,11H,10H2,(H,21,23). The summed E-state index contributed by atoms with van der Waals surface area (Å²) in [6.07, 6.45) is 3.19. The molecule has 0 atom stereocenters. The van der Waals surface area contributed by atoms with Crippen LogP contribution in [-0.2, 0) is 6.54 Å². The Labute approximate surface area is 137 Å². The summed E-state index contributed by atoms with van der Waals surface area (Å²) in [4.78, 5) is 12.2. The molecule has 116 valence electrons. The number of hydrogen-bond acceptors (Lipinski definition) is 2. The number of aromatic nitrogens is 2. The first-order chi connectivity index (χ1) is 11.1. The van der Waals surface area contributed by atoms with Gasteiger partial charge in [0, 0.05) is 6.20 Å². The number of amides is 1. The molecule has 1 N–H and O–H groups in total. The van der Waals surface area contributed by atoms with Crippen LogP contribution in [0.15, 0.2) is 60.9 Å². The van der Waals surface area contributed by atoms with Crippen LogP contribution in [0.2, 0.25) is 5.02 Å². The highest BCUT2D eigenvalue weighted by Crippen LogP contribution is 2.20. The number of benzene rings is 2. The maximum atomic E-state index is 13.7. The van der Waals surface area contributed by atoms with Crippen molar-refractivity contribution < 1.29 is 9.18 Å². The molecule has 2 aromatic carbocycles. The second kappa shape index (κ2) is 6.62. The number of carbonyl (C=O) groups excluding carboxylic acids is 1. The minimum Gasteiger partial charge on any atom is -0.319 e. The van der Waals surface area contributed by atoms with E-state index in [2.05, 4.69) is 10.4 Å². The first-order valence-corrected chi connectivity index (χ1v) is 7.33. The van der Waals surface area contributed by atoms with Gasteiger partial charge < -0.3 is 5.32 Å². The second-order valence-electron chi connectivity index (χ2n) is 4.96. The molecule has 4 nitrogen and oxygen atoms in total. The summed E-state index contributed by atoms with van der Waals surface area (Å²) in [5.41, 5.74) is 1.39. The van der Waals surface area contributed by atoms with Crippen LogP contribution < -0.4 is 5.32 Å². The molecule has 1 heterocycles. The first-order valence-electron chi connectivity index (χ1n) is 6.95. The fourth-order valence-electron chi connectivity index (χ4n) is 2.19. The molecule has 0 aliphatic rings. The molecule has 0 fully saturated rings. The molecule has 3 aromatic rings. The van der Waals surface area contributed by atoms with E-state index in [1.165, 1.54) is 24.4 Å². The lowest BCUT2D eigenvalue weighted by molar-refractivity contribution is 0.102. The van der Waals surface area contributed by atoms with Gasteiger partial charge in [0.25, 0.3) is 5.91 Å². The summed E-state index contributed by atoms with van der Waals surface area (Å²) in [5.74, 6) is -1.26. The molecule has 0 unspecified atom stereocenters. The Bertz CT molecular complexity index is 813. The summed E-state index contributed by atoms with van der Waals surface area (Å²) in [5, 5.41) is 6.85. The number of hydrogen-bond donors (Lipinski definition) is 1. The molecule has 1 amide bonds. The summed E-state index contributed by atoms with van der Waals surface area (Å²) in [6, 6.07) is 13.9. The van der Waals surface area contributed by atoms with Crippen molar-refractivity contribution in [1.29, 1.82) is 0 Å². The Morgan fingerprint density at radius 3 is 2.70 bits per heavy atom. The zero-order valence-electron chi connectivity index (χ0n) is 12.0. The van der Waals surface area contributed by atoms with Gasteiger partial charge in [-0.1, -0.05) is 48.0 Å². The van der Waals surface area contributed by atoms with Gasteiger partial charge >= 0.3 is 0 Å². The smallest absolute Gasteiger partial charge is 0.260 e. The van der Waals surface area contributed by atoms with Crippen molar-refractivity contribution in [2.45, 2.75) is 6.54 Å². The van der Waals surface area contributed by atoms with E-state index in [1.54, 1.807) is 10.9 Å². The van der Waals surface area contributed by atoms with Gasteiger partial charge in [0.1, 0.15) is 5.82 Å². The van der Waals surface area contributed by atoms with Crippen molar-refractivity contribution in [3.63, 3.8) is 0 Å². The highest BCUT2D eigenvalue weighted by Gasteiger charge is 2.16. The molecule has 0 bridgehead atoms. The van der Waals surface area contributed by atoms with Gasteiger partial charge in [-0.25, -0.2) is 4.39 Å². The van der Waals surface area contributed by atoms with E-state index in [-0.39, 0.29) is 10.6 Å². The highest BCUT2D eigenvalue weighted by atomic mass is 35.5. The zero-order valence-corrected chi connectivity index (χ0v) is 12.8. The number of nitrogens with zero attached hydrogens (tertiary/aromatic N) is 2. The Morgan fingerprint density at radius 1 is 1.17 bits per heavy atom. The Kier molecular flexibility index (Phi) is 4.39. The fraction of sp³-hybridized carbons (Fsp3) is 0.0588. The third-order valence-electron chi connectivity index (χ3n) is 3.27. The molecular weight excluding hydrogens is 317 g/mol. The minimum absolute atomic E-state index is 0.0687. The van der Waals surface area contributed by atoms with Crippen molar-refractivity contribution in [3.8, 4) is 0 Å². The van der Waals surface area contributed by atoms with Crippen molar-refractivity contribution in [2.24, 2.45) is 0 Å². The number of anilines is 1. The van der Waals surface area contributed by atoms with Gasteiger partial charge in [-0.15, -0.1) is 0 Å². The summed E-state index contributed by atoms with van der Waals surface area (Å²) in [6.45, 7) is 0.581. The Morgan fingerprint density at radius 2 is 1.96 bits per heavy atom. The van der Waals surface area contributed by atoms with Crippen LogP contribution >= 0.6 is 11.6 Å². The van der Waals surface area contributed by atoms with Gasteiger partial charge in [0.05, 0.1) is 29.0 Å². The van der Waals surface area contributed by atoms with Crippen molar-refractivity contribution in [3.05, 3.63) is 82.9 Å². The molecule has 6 heteroatoms. The first kappa shape index (κ1) is 15.2. The normalized spacial score (nSPS) is 10.5. The van der Waals surface area contributed by atoms with E-state index in [0.717, 1.165) is 5.56 Å². The van der Waals surface area contributed by atoms with Crippen LogP contribution in [0.1, 0.15) is 15.9 Å². The van der Waals surface area contributed by atoms with E-state index in [9.17, 15) is 9.18 Å². The molecule has 0 saturated heterocycles. The molecule has 0 radical (unpaired) electrons. The van der Waals surface area contributed by atoms with Crippen LogP contribution in [0.4, 0.5) is 10.1 Å². The predicted molar refractivity (Wildman–Crippen MR) is 87.1 cm³/mol. The largest absolute Gasteiger partial charge is 0.319 e. The van der Waals surface area contributed by atoms with E-state index in [4.69, 9.17) is 11.6 Å². The third-order valence-corrected chi connectivity index (χ3v) is 3.58. The summed E-state index contributed by atoms with van der Waals surface area (Å²) >= 11 is 5.88. The second-order valence-corrected chi connectivity index (χ2v) is 5.37. The van der Waals surface area contributed by atoms with Crippen molar-refractivity contribution in [1.82, 2.24) is 9.78 Å². The number of nitrogens with one attached hydrogen (secondary N) is 1. The molecule has 3 rings (SSSR count). The summed E-state index contributed by atoms with van der Waals surface area (Å²) < 4.78 is 15.4. The molecule has 0 aliphatic carbocycles. The van der Waals surface area contributed by atoms with Crippen LogP contribution in [0.5, 0.6) is 0 Å². The maximum absolute atomic E-state index is 13.7. The predicted octanol–water partition coefficient (Wildman–Crippen LogP) is 3.98. The molecule has 0 saturated carbocycles. The molecule has 0 spiro atoms.